The molecular formula is C23H26ClN3O6S. The molecule has 34 heavy (non-hydrogen) atoms. The second-order valence-electron chi connectivity index (χ2n) is 8.70. The van der Waals surface area contributed by atoms with Crippen LogP contribution in [0, 0.1) is 5.41 Å². The largest absolute Gasteiger partial charge is 0.459 e. The number of hydrogen-bond donors (Lipinski definition) is 1. The number of halogens is 1. The minimum Gasteiger partial charge on any atom is -0.459 e. The quantitative estimate of drug-likeness (QED) is 0.222. The summed E-state index contributed by atoms with van der Waals surface area (Å²) in [5.74, 6) is -1.24. The molecule has 11 heteroatoms. The van der Waals surface area contributed by atoms with E-state index in [4.69, 9.17) is 25.8 Å². The van der Waals surface area contributed by atoms with Crippen molar-refractivity contribution in [3.63, 3.8) is 0 Å². The maximum absolute atomic E-state index is 13.0. The van der Waals surface area contributed by atoms with Crippen LogP contribution >= 0.6 is 23.4 Å². The fourth-order valence-electron chi connectivity index (χ4n) is 4.15. The average Bonchev–Trinajstić information content (AvgIpc) is 3.47. The van der Waals surface area contributed by atoms with E-state index in [2.05, 4.69) is 22.1 Å². The van der Waals surface area contributed by atoms with Gasteiger partial charge in [-0.25, -0.2) is 4.98 Å². The number of rotatable bonds is 10. The number of aromatic nitrogens is 3. The monoisotopic (exact) mass is 507 g/mol. The Morgan fingerprint density at radius 1 is 1.32 bits per heavy atom. The van der Waals surface area contributed by atoms with Crippen LogP contribution in [0.2, 0.25) is 5.02 Å². The maximum Gasteiger partial charge on any atom is 0.324 e. The van der Waals surface area contributed by atoms with E-state index in [1.54, 1.807) is 6.07 Å². The van der Waals surface area contributed by atoms with Crippen LogP contribution in [-0.4, -0.2) is 63.6 Å². The highest BCUT2D eigenvalue weighted by molar-refractivity contribution is 7.99. The van der Waals surface area contributed by atoms with Crippen LogP contribution in [0.3, 0.4) is 0 Å². The van der Waals surface area contributed by atoms with Gasteiger partial charge in [-0.1, -0.05) is 48.8 Å². The molecular weight excluding hydrogens is 482 g/mol. The minimum absolute atomic E-state index is 0.0295. The SMILES string of the molecule is CCCCOC[C@@H]1C[C@]2(C[C@@](C)(C(=O)CSc3n[nH]c(-c4ccccc4Cl)n3)OC2=O)C(=O)O1. The standard InChI is InChI=1S/C23H26ClN3O6S/c1-3-4-9-31-11-14-10-23(19(29)32-14)13-22(2,33-20(23)30)17(28)12-34-21-25-18(26-27-21)15-7-5-6-8-16(15)24/h5-8,14H,3-4,9-13H2,1-2H3,(H,25,26,27)/t14-,22-,23-/m0/s1. The fraction of sp³-hybridized carbons (Fsp3) is 0.522. The molecule has 0 aliphatic carbocycles. The van der Waals surface area contributed by atoms with Gasteiger partial charge in [0.15, 0.2) is 22.6 Å². The van der Waals surface area contributed by atoms with Crippen molar-refractivity contribution < 1.29 is 28.6 Å². The van der Waals surface area contributed by atoms with Crippen LogP contribution < -0.4 is 0 Å². The molecule has 2 fully saturated rings. The van der Waals surface area contributed by atoms with E-state index in [9.17, 15) is 14.4 Å². The predicted molar refractivity (Wildman–Crippen MR) is 124 cm³/mol. The number of Topliss-reactive ketones (excluding diaryl/α,β-unsaturated/α-hetero) is 1. The molecule has 9 nitrogen and oxygen atoms in total. The van der Waals surface area contributed by atoms with Gasteiger partial charge < -0.3 is 14.2 Å². The average molecular weight is 508 g/mol. The lowest BCUT2D eigenvalue weighted by Gasteiger charge is -2.20. The topological polar surface area (TPSA) is 120 Å². The van der Waals surface area contributed by atoms with E-state index in [-0.39, 0.29) is 31.0 Å². The Kier molecular flexibility index (Phi) is 7.30. The Morgan fingerprint density at radius 2 is 2.12 bits per heavy atom. The van der Waals surface area contributed by atoms with Crippen LogP contribution in [0.15, 0.2) is 29.4 Å². The minimum atomic E-state index is -1.46. The lowest BCUT2D eigenvalue weighted by Crippen LogP contribution is -2.38. The van der Waals surface area contributed by atoms with E-state index < -0.39 is 29.1 Å². The number of H-pyrrole nitrogens is 1. The molecule has 1 spiro atoms. The predicted octanol–water partition coefficient (Wildman–Crippen LogP) is 3.61. The van der Waals surface area contributed by atoms with Gasteiger partial charge in [-0.15, -0.1) is 5.10 Å². The zero-order valence-corrected chi connectivity index (χ0v) is 20.5. The van der Waals surface area contributed by atoms with Crippen molar-refractivity contribution in [3.8, 4) is 11.4 Å². The van der Waals surface area contributed by atoms with Gasteiger partial charge in [-0.05, 0) is 25.5 Å². The lowest BCUT2D eigenvalue weighted by molar-refractivity contribution is -0.162. The molecule has 2 aliphatic rings. The van der Waals surface area contributed by atoms with E-state index in [1.807, 2.05) is 18.2 Å². The molecule has 1 aromatic heterocycles. The molecule has 0 radical (unpaired) electrons. The van der Waals surface area contributed by atoms with Gasteiger partial charge in [0, 0.05) is 25.0 Å². The molecule has 0 unspecified atom stereocenters. The Labute approximate surface area is 206 Å². The highest BCUT2D eigenvalue weighted by Gasteiger charge is 2.66. The normalized spacial score (nSPS) is 26.1. The molecule has 1 N–H and O–H groups in total. The number of ether oxygens (including phenoxy) is 3. The molecule has 2 aromatic rings. The molecule has 2 saturated heterocycles. The van der Waals surface area contributed by atoms with Gasteiger partial charge >= 0.3 is 11.9 Å². The number of aromatic amines is 1. The third-order valence-corrected chi connectivity index (χ3v) is 7.23. The van der Waals surface area contributed by atoms with Crippen LogP contribution in [0.25, 0.3) is 11.4 Å². The van der Waals surface area contributed by atoms with Crippen LogP contribution in [0.1, 0.15) is 39.5 Å². The third kappa shape index (κ3) is 4.85. The highest BCUT2D eigenvalue weighted by Crippen LogP contribution is 2.49. The Balaban J connectivity index is 1.37. The number of carbonyl (C=O) groups excluding carboxylic acids is 3. The summed E-state index contributed by atoms with van der Waals surface area (Å²) in [4.78, 5) is 42.8. The number of hydrogen-bond acceptors (Lipinski definition) is 9. The third-order valence-electron chi connectivity index (χ3n) is 6.05. The number of cyclic esters (lactones) is 2. The Hall–Kier alpha value is -2.43. The van der Waals surface area contributed by atoms with Crippen LogP contribution in [0.4, 0.5) is 0 Å². The zero-order valence-electron chi connectivity index (χ0n) is 19.0. The molecule has 2 aliphatic heterocycles. The molecule has 0 saturated carbocycles. The van der Waals surface area contributed by atoms with Gasteiger partial charge in [0.25, 0.3) is 0 Å². The van der Waals surface area contributed by atoms with Crippen molar-refractivity contribution in [1.29, 1.82) is 0 Å². The Morgan fingerprint density at radius 3 is 2.88 bits per heavy atom. The number of nitrogens with zero attached hydrogens (tertiary/aromatic N) is 2. The molecule has 3 atom stereocenters. The second-order valence-corrected chi connectivity index (χ2v) is 10.0. The highest BCUT2D eigenvalue weighted by atomic mass is 35.5. The van der Waals surface area contributed by atoms with E-state index in [0.29, 0.717) is 28.2 Å². The van der Waals surface area contributed by atoms with Gasteiger partial charge in [-0.3, -0.25) is 19.5 Å². The summed E-state index contributed by atoms with van der Waals surface area (Å²) in [6.07, 6.45) is 1.47. The smallest absolute Gasteiger partial charge is 0.324 e. The van der Waals surface area contributed by atoms with Gasteiger partial charge in [0.1, 0.15) is 6.10 Å². The molecule has 0 amide bonds. The zero-order chi connectivity index (χ0) is 24.3. The first-order valence-electron chi connectivity index (χ1n) is 11.1. The number of esters is 2. The first kappa shape index (κ1) is 24.7. The van der Waals surface area contributed by atoms with Gasteiger partial charge in [0.05, 0.1) is 17.4 Å². The first-order valence-corrected chi connectivity index (χ1v) is 12.5. The number of thioether (sulfide) groups is 1. The number of unbranched alkanes of at least 4 members (excludes halogenated alkanes) is 1. The van der Waals surface area contributed by atoms with Crippen molar-refractivity contribution in [3.05, 3.63) is 29.3 Å². The summed E-state index contributed by atoms with van der Waals surface area (Å²) < 4.78 is 16.4. The van der Waals surface area contributed by atoms with Crippen molar-refractivity contribution in [2.24, 2.45) is 5.41 Å². The number of ketones is 1. The molecule has 182 valence electrons. The van der Waals surface area contributed by atoms with Crippen molar-refractivity contribution in [2.45, 2.75) is 56.4 Å². The van der Waals surface area contributed by atoms with E-state index in [1.165, 1.54) is 6.92 Å². The van der Waals surface area contributed by atoms with Crippen LogP contribution in [-0.2, 0) is 28.6 Å². The van der Waals surface area contributed by atoms with Gasteiger partial charge in [0.2, 0.25) is 5.16 Å². The maximum atomic E-state index is 13.0. The van der Waals surface area contributed by atoms with Crippen molar-refractivity contribution in [2.75, 3.05) is 19.0 Å². The van der Waals surface area contributed by atoms with Crippen LogP contribution in [0.5, 0.6) is 0 Å². The summed E-state index contributed by atoms with van der Waals surface area (Å²) in [6.45, 7) is 4.38. The van der Waals surface area contributed by atoms with Crippen molar-refractivity contribution >= 4 is 41.1 Å². The number of carbonyl (C=O) groups is 3. The summed E-state index contributed by atoms with van der Waals surface area (Å²) in [5, 5.41) is 7.82. The summed E-state index contributed by atoms with van der Waals surface area (Å²) in [6, 6.07) is 7.20. The fourth-order valence-corrected chi connectivity index (χ4v) is 5.21. The summed E-state index contributed by atoms with van der Waals surface area (Å²) in [5.41, 5.74) is -2.19. The molecule has 4 rings (SSSR count). The summed E-state index contributed by atoms with van der Waals surface area (Å²) in [7, 11) is 0. The molecule has 0 bridgehead atoms. The lowest BCUT2D eigenvalue weighted by atomic mass is 9.77. The summed E-state index contributed by atoms with van der Waals surface area (Å²) >= 11 is 7.31. The molecule has 1 aromatic carbocycles. The Bertz CT molecular complexity index is 1090. The number of nitrogens with one attached hydrogen (secondary N) is 1. The second kappa shape index (κ2) is 10.1. The van der Waals surface area contributed by atoms with Crippen molar-refractivity contribution in [1.82, 2.24) is 15.2 Å². The first-order chi connectivity index (χ1) is 16.3. The van der Waals surface area contributed by atoms with E-state index >= 15 is 0 Å². The molecule has 3 heterocycles. The van der Waals surface area contributed by atoms with E-state index in [0.717, 1.165) is 24.6 Å². The van der Waals surface area contributed by atoms with Gasteiger partial charge in [-0.2, -0.15) is 0 Å². The number of benzene rings is 1.